The fourth-order valence-corrected chi connectivity index (χ4v) is 2.10. The van der Waals surface area contributed by atoms with Crippen LogP contribution in [0.5, 0.6) is 0 Å². The SMILES string of the molecule is CC(C)c1c(C(C)(C)C)coc1C(C)(C)C. The third-order valence-electron chi connectivity index (χ3n) is 2.90. The second-order valence-electron chi connectivity index (χ2n) is 7.05. The largest absolute Gasteiger partial charge is 0.468 e. The summed E-state index contributed by atoms with van der Waals surface area (Å²) in [5.74, 6) is 1.66. The van der Waals surface area contributed by atoms with Gasteiger partial charge in [-0.3, -0.25) is 0 Å². The molecule has 16 heavy (non-hydrogen) atoms. The van der Waals surface area contributed by atoms with E-state index in [1.165, 1.54) is 11.1 Å². The molecule has 1 nitrogen and oxygen atoms in total. The van der Waals surface area contributed by atoms with Crippen molar-refractivity contribution < 1.29 is 4.42 Å². The quantitative estimate of drug-likeness (QED) is 0.652. The first-order valence-corrected chi connectivity index (χ1v) is 6.17. The van der Waals surface area contributed by atoms with E-state index in [0.717, 1.165) is 5.76 Å². The van der Waals surface area contributed by atoms with E-state index in [1.807, 2.05) is 6.26 Å². The van der Waals surface area contributed by atoms with Crippen molar-refractivity contribution in [1.82, 2.24) is 0 Å². The monoisotopic (exact) mass is 222 g/mol. The molecule has 0 aliphatic heterocycles. The minimum atomic E-state index is 0.0864. The van der Waals surface area contributed by atoms with Crippen LogP contribution in [0.3, 0.4) is 0 Å². The number of furan rings is 1. The van der Waals surface area contributed by atoms with E-state index >= 15 is 0 Å². The second-order valence-corrected chi connectivity index (χ2v) is 7.05. The van der Waals surface area contributed by atoms with Crippen LogP contribution in [0, 0.1) is 0 Å². The van der Waals surface area contributed by atoms with Crippen LogP contribution in [-0.4, -0.2) is 0 Å². The van der Waals surface area contributed by atoms with Gasteiger partial charge in [0, 0.05) is 11.0 Å². The number of hydrogen-bond acceptors (Lipinski definition) is 1. The summed E-state index contributed by atoms with van der Waals surface area (Å²) in [6.07, 6.45) is 1.95. The zero-order chi connectivity index (χ0) is 12.7. The van der Waals surface area contributed by atoms with Crippen molar-refractivity contribution in [1.29, 1.82) is 0 Å². The average molecular weight is 222 g/mol. The number of rotatable bonds is 1. The maximum absolute atomic E-state index is 5.85. The molecule has 0 bridgehead atoms. The molecule has 0 saturated carbocycles. The summed E-state index contributed by atoms with van der Waals surface area (Å²) in [5.41, 5.74) is 3.00. The van der Waals surface area contributed by atoms with E-state index in [-0.39, 0.29) is 10.8 Å². The van der Waals surface area contributed by atoms with Crippen molar-refractivity contribution in [3.05, 3.63) is 23.2 Å². The normalized spacial score (nSPS) is 13.6. The van der Waals surface area contributed by atoms with Crippen LogP contribution in [0.15, 0.2) is 10.7 Å². The number of hydrogen-bond donors (Lipinski definition) is 0. The van der Waals surface area contributed by atoms with Crippen LogP contribution in [0.2, 0.25) is 0 Å². The molecule has 0 unspecified atom stereocenters. The Bertz CT molecular complexity index is 324. The van der Waals surface area contributed by atoms with Gasteiger partial charge in [0.05, 0.1) is 6.26 Å². The highest BCUT2D eigenvalue weighted by atomic mass is 16.3. The second kappa shape index (κ2) is 3.94. The summed E-state index contributed by atoms with van der Waals surface area (Å²) in [5, 5.41) is 0. The highest BCUT2D eigenvalue weighted by Crippen LogP contribution is 2.39. The summed E-state index contributed by atoms with van der Waals surface area (Å²) in [6.45, 7) is 17.9. The maximum atomic E-state index is 5.85. The fraction of sp³-hybridized carbons (Fsp3) is 0.733. The first kappa shape index (κ1) is 13.3. The highest BCUT2D eigenvalue weighted by Gasteiger charge is 2.30. The smallest absolute Gasteiger partial charge is 0.112 e. The summed E-state index contributed by atoms with van der Waals surface area (Å²) < 4.78 is 5.85. The summed E-state index contributed by atoms with van der Waals surface area (Å²) >= 11 is 0. The standard InChI is InChI=1S/C15H26O/c1-10(2)12-11(14(3,4)5)9-16-13(12)15(6,7)8/h9-10H,1-8H3. The van der Waals surface area contributed by atoms with Gasteiger partial charge in [-0.2, -0.15) is 0 Å². The van der Waals surface area contributed by atoms with Crippen LogP contribution in [-0.2, 0) is 10.8 Å². The van der Waals surface area contributed by atoms with Crippen LogP contribution in [0.1, 0.15) is 78.2 Å². The summed E-state index contributed by atoms with van der Waals surface area (Å²) in [4.78, 5) is 0. The van der Waals surface area contributed by atoms with E-state index < -0.39 is 0 Å². The first-order valence-electron chi connectivity index (χ1n) is 6.17. The molecule has 0 aliphatic rings. The minimum absolute atomic E-state index is 0.0864. The lowest BCUT2D eigenvalue weighted by Crippen LogP contribution is -2.17. The van der Waals surface area contributed by atoms with E-state index in [1.54, 1.807) is 0 Å². The Morgan fingerprint density at radius 1 is 0.938 bits per heavy atom. The molecule has 0 spiro atoms. The minimum Gasteiger partial charge on any atom is -0.468 e. The third-order valence-corrected chi connectivity index (χ3v) is 2.90. The average Bonchev–Trinajstić information content (AvgIpc) is 2.43. The zero-order valence-corrected chi connectivity index (χ0v) is 12.1. The molecule has 0 saturated heterocycles. The predicted octanol–water partition coefficient (Wildman–Crippen LogP) is 5.00. The lowest BCUT2D eigenvalue weighted by atomic mass is 9.79. The molecule has 0 amide bonds. The first-order chi connectivity index (χ1) is 7.05. The Morgan fingerprint density at radius 2 is 1.44 bits per heavy atom. The summed E-state index contributed by atoms with van der Waals surface area (Å²) in [6, 6.07) is 0. The third kappa shape index (κ3) is 2.50. The molecule has 1 rings (SSSR count). The molecular formula is C15H26O. The topological polar surface area (TPSA) is 13.1 Å². The van der Waals surface area contributed by atoms with E-state index in [2.05, 4.69) is 55.4 Å². The van der Waals surface area contributed by atoms with Gasteiger partial charge < -0.3 is 4.42 Å². The predicted molar refractivity (Wildman–Crippen MR) is 70.2 cm³/mol. The highest BCUT2D eigenvalue weighted by molar-refractivity contribution is 5.38. The molecule has 1 aromatic heterocycles. The van der Waals surface area contributed by atoms with Crippen LogP contribution >= 0.6 is 0 Å². The van der Waals surface area contributed by atoms with E-state index in [9.17, 15) is 0 Å². The van der Waals surface area contributed by atoms with Gasteiger partial charge in [-0.25, -0.2) is 0 Å². The van der Waals surface area contributed by atoms with Gasteiger partial charge in [0.15, 0.2) is 0 Å². The van der Waals surface area contributed by atoms with Gasteiger partial charge in [0.25, 0.3) is 0 Å². The maximum Gasteiger partial charge on any atom is 0.112 e. The zero-order valence-electron chi connectivity index (χ0n) is 12.1. The van der Waals surface area contributed by atoms with Crippen molar-refractivity contribution in [2.45, 2.75) is 72.1 Å². The Hall–Kier alpha value is -0.720. The van der Waals surface area contributed by atoms with Crippen LogP contribution < -0.4 is 0 Å². The summed E-state index contributed by atoms with van der Waals surface area (Å²) in [7, 11) is 0. The van der Waals surface area contributed by atoms with E-state index in [0.29, 0.717) is 5.92 Å². The lowest BCUT2D eigenvalue weighted by molar-refractivity contribution is 0.401. The molecule has 1 heterocycles. The van der Waals surface area contributed by atoms with Gasteiger partial charge in [-0.05, 0) is 16.9 Å². The Balaban J connectivity index is 3.41. The van der Waals surface area contributed by atoms with Crippen molar-refractivity contribution in [3.8, 4) is 0 Å². The molecule has 0 N–H and O–H groups in total. The van der Waals surface area contributed by atoms with Gasteiger partial charge in [-0.15, -0.1) is 0 Å². The van der Waals surface area contributed by atoms with Crippen molar-refractivity contribution in [3.63, 3.8) is 0 Å². The fourth-order valence-electron chi connectivity index (χ4n) is 2.10. The molecule has 1 heteroatoms. The van der Waals surface area contributed by atoms with Gasteiger partial charge >= 0.3 is 0 Å². The molecule has 0 aromatic carbocycles. The van der Waals surface area contributed by atoms with Crippen molar-refractivity contribution >= 4 is 0 Å². The van der Waals surface area contributed by atoms with E-state index in [4.69, 9.17) is 4.42 Å². The lowest BCUT2D eigenvalue weighted by Gasteiger charge is -2.24. The molecule has 0 fully saturated rings. The van der Waals surface area contributed by atoms with Crippen LogP contribution in [0.25, 0.3) is 0 Å². The van der Waals surface area contributed by atoms with Gasteiger partial charge in [-0.1, -0.05) is 55.4 Å². The molecule has 0 aliphatic carbocycles. The Labute approximate surface area is 100 Å². The molecular weight excluding hydrogens is 196 g/mol. The van der Waals surface area contributed by atoms with Crippen molar-refractivity contribution in [2.24, 2.45) is 0 Å². The molecule has 92 valence electrons. The van der Waals surface area contributed by atoms with Crippen LogP contribution in [0.4, 0.5) is 0 Å². The van der Waals surface area contributed by atoms with Crippen molar-refractivity contribution in [2.75, 3.05) is 0 Å². The molecule has 0 atom stereocenters. The molecule has 1 aromatic rings. The Morgan fingerprint density at radius 3 is 1.75 bits per heavy atom. The Kier molecular flexibility index (Phi) is 3.29. The van der Waals surface area contributed by atoms with Gasteiger partial charge in [0.1, 0.15) is 5.76 Å². The van der Waals surface area contributed by atoms with Gasteiger partial charge in [0.2, 0.25) is 0 Å². The molecule has 0 radical (unpaired) electrons.